The molecular weight excluding hydrogens is 241 g/mol. The van der Waals surface area contributed by atoms with Crippen LogP contribution >= 0.6 is 0 Å². The molecule has 102 valence electrons. The van der Waals surface area contributed by atoms with Crippen LogP contribution in [0.4, 0.5) is 4.39 Å². The third-order valence-corrected chi connectivity index (χ3v) is 3.29. The molecule has 2 rings (SSSR count). The molecule has 1 fully saturated rings. The summed E-state index contributed by atoms with van der Waals surface area (Å²) < 4.78 is 13.6. The van der Waals surface area contributed by atoms with Crippen molar-refractivity contribution in [3.63, 3.8) is 0 Å². The Labute approximate surface area is 114 Å². The van der Waals surface area contributed by atoms with Crippen LogP contribution in [0.2, 0.25) is 0 Å². The highest BCUT2D eigenvalue weighted by Gasteiger charge is 2.28. The Bertz CT molecular complexity index is 485. The van der Waals surface area contributed by atoms with Crippen LogP contribution in [0.15, 0.2) is 18.2 Å². The van der Waals surface area contributed by atoms with Crippen LogP contribution in [0.5, 0.6) is 0 Å². The summed E-state index contributed by atoms with van der Waals surface area (Å²) in [6.45, 7) is 3.87. The molecule has 0 radical (unpaired) electrons. The third kappa shape index (κ3) is 4.05. The lowest BCUT2D eigenvalue weighted by Crippen LogP contribution is -2.26. The van der Waals surface area contributed by atoms with Gasteiger partial charge in [-0.3, -0.25) is 4.90 Å². The van der Waals surface area contributed by atoms with Crippen molar-refractivity contribution < 1.29 is 9.50 Å². The van der Waals surface area contributed by atoms with E-state index < -0.39 is 0 Å². The van der Waals surface area contributed by atoms with Gasteiger partial charge in [0.1, 0.15) is 12.4 Å². The summed E-state index contributed by atoms with van der Waals surface area (Å²) >= 11 is 0. The number of rotatable bonds is 5. The van der Waals surface area contributed by atoms with Gasteiger partial charge in [-0.2, -0.15) is 0 Å². The molecule has 0 aromatic heterocycles. The first-order valence-electron chi connectivity index (χ1n) is 6.86. The number of nitrogens with zero attached hydrogens (tertiary/aromatic N) is 1. The Morgan fingerprint density at radius 1 is 1.42 bits per heavy atom. The minimum absolute atomic E-state index is 0.242. The van der Waals surface area contributed by atoms with Gasteiger partial charge in [0.25, 0.3) is 0 Å². The average molecular weight is 261 g/mol. The predicted octanol–water partition coefficient (Wildman–Crippen LogP) is 2.54. The van der Waals surface area contributed by atoms with Crippen molar-refractivity contribution in [3.8, 4) is 11.8 Å². The quantitative estimate of drug-likeness (QED) is 0.823. The molecule has 2 nitrogen and oxygen atoms in total. The summed E-state index contributed by atoms with van der Waals surface area (Å²) in [6.07, 6.45) is 3.69. The highest BCUT2D eigenvalue weighted by molar-refractivity contribution is 5.38. The first kappa shape index (κ1) is 14.0. The molecule has 0 saturated heterocycles. The highest BCUT2D eigenvalue weighted by atomic mass is 19.1. The summed E-state index contributed by atoms with van der Waals surface area (Å²) in [6, 6.07) is 5.79. The first-order valence-corrected chi connectivity index (χ1v) is 6.86. The molecule has 0 amide bonds. The van der Waals surface area contributed by atoms with Gasteiger partial charge in [-0.25, -0.2) is 4.39 Å². The van der Waals surface area contributed by atoms with Crippen LogP contribution in [0.25, 0.3) is 0 Å². The molecule has 0 spiro atoms. The van der Waals surface area contributed by atoms with E-state index in [1.54, 1.807) is 6.07 Å². The van der Waals surface area contributed by atoms with E-state index >= 15 is 0 Å². The minimum Gasteiger partial charge on any atom is -0.384 e. The van der Waals surface area contributed by atoms with Crippen LogP contribution in [0, 0.1) is 17.7 Å². The Morgan fingerprint density at radius 2 is 2.21 bits per heavy atom. The van der Waals surface area contributed by atoms with Gasteiger partial charge in [-0.05, 0) is 43.5 Å². The minimum atomic E-state index is -0.321. The maximum atomic E-state index is 13.6. The van der Waals surface area contributed by atoms with Crippen molar-refractivity contribution in [2.75, 3.05) is 13.2 Å². The summed E-state index contributed by atoms with van der Waals surface area (Å²) in [5.74, 6) is 4.84. The second-order valence-corrected chi connectivity index (χ2v) is 4.98. The Kier molecular flexibility index (Phi) is 4.95. The maximum Gasteiger partial charge on any atom is 0.138 e. The molecule has 1 saturated carbocycles. The van der Waals surface area contributed by atoms with Crippen molar-refractivity contribution in [1.29, 1.82) is 0 Å². The van der Waals surface area contributed by atoms with Crippen molar-refractivity contribution >= 4 is 0 Å². The predicted molar refractivity (Wildman–Crippen MR) is 74.1 cm³/mol. The van der Waals surface area contributed by atoms with E-state index in [1.807, 2.05) is 6.07 Å². The molecule has 0 unspecified atom stereocenters. The van der Waals surface area contributed by atoms with Crippen LogP contribution in [-0.4, -0.2) is 29.2 Å². The van der Waals surface area contributed by atoms with Crippen LogP contribution in [-0.2, 0) is 6.54 Å². The molecule has 1 aliphatic carbocycles. The number of hydrogen-bond acceptors (Lipinski definition) is 2. The molecule has 1 aromatic carbocycles. The fraction of sp³-hybridized carbons (Fsp3) is 0.500. The van der Waals surface area contributed by atoms with Gasteiger partial charge in [0.05, 0.1) is 5.56 Å². The molecule has 1 aliphatic rings. The van der Waals surface area contributed by atoms with E-state index in [0.29, 0.717) is 11.6 Å². The second kappa shape index (κ2) is 6.70. The van der Waals surface area contributed by atoms with E-state index in [0.717, 1.165) is 25.1 Å². The lowest BCUT2D eigenvalue weighted by molar-refractivity contribution is 0.255. The zero-order valence-electron chi connectivity index (χ0n) is 11.3. The van der Waals surface area contributed by atoms with Crippen molar-refractivity contribution in [1.82, 2.24) is 4.90 Å². The van der Waals surface area contributed by atoms with E-state index in [9.17, 15) is 4.39 Å². The fourth-order valence-corrected chi connectivity index (χ4v) is 2.25. The van der Waals surface area contributed by atoms with E-state index in [2.05, 4.69) is 23.7 Å². The molecule has 1 aromatic rings. The highest BCUT2D eigenvalue weighted by Crippen LogP contribution is 2.28. The Hall–Kier alpha value is -1.37. The number of halogens is 1. The first-order chi connectivity index (χ1) is 9.24. The van der Waals surface area contributed by atoms with E-state index in [4.69, 9.17) is 5.11 Å². The summed E-state index contributed by atoms with van der Waals surface area (Å²) in [7, 11) is 0. The molecule has 0 heterocycles. The lowest BCUT2D eigenvalue weighted by Gasteiger charge is -2.21. The summed E-state index contributed by atoms with van der Waals surface area (Å²) in [5.41, 5.74) is 1.46. The van der Waals surface area contributed by atoms with Gasteiger partial charge in [0, 0.05) is 12.6 Å². The van der Waals surface area contributed by atoms with Gasteiger partial charge in [-0.15, -0.1) is 0 Å². The number of hydrogen-bond donors (Lipinski definition) is 1. The number of benzene rings is 1. The SMILES string of the molecule is CCCN(Cc1ccc(F)c(C#CCO)c1)C1CC1. The number of aliphatic hydroxyl groups excluding tert-OH is 1. The van der Waals surface area contributed by atoms with Gasteiger partial charge in [0.15, 0.2) is 0 Å². The normalized spacial score (nSPS) is 14.3. The van der Waals surface area contributed by atoms with Crippen LogP contribution in [0.3, 0.4) is 0 Å². The molecule has 3 heteroatoms. The summed E-state index contributed by atoms with van der Waals surface area (Å²) in [5, 5.41) is 8.68. The van der Waals surface area contributed by atoms with Gasteiger partial charge in [0.2, 0.25) is 0 Å². The average Bonchev–Trinajstić information content (AvgIpc) is 3.23. The smallest absolute Gasteiger partial charge is 0.138 e. The van der Waals surface area contributed by atoms with Crippen LogP contribution < -0.4 is 0 Å². The second-order valence-electron chi connectivity index (χ2n) is 4.98. The lowest BCUT2D eigenvalue weighted by atomic mass is 10.1. The molecule has 0 bridgehead atoms. The Balaban J connectivity index is 2.10. The molecule has 0 aliphatic heterocycles. The monoisotopic (exact) mass is 261 g/mol. The van der Waals surface area contributed by atoms with Crippen molar-refractivity contribution in [2.45, 2.75) is 38.8 Å². The molecule has 0 atom stereocenters. The van der Waals surface area contributed by atoms with Crippen molar-refractivity contribution in [3.05, 3.63) is 35.1 Å². The zero-order chi connectivity index (χ0) is 13.7. The molecule has 19 heavy (non-hydrogen) atoms. The summed E-state index contributed by atoms with van der Waals surface area (Å²) in [4.78, 5) is 2.45. The topological polar surface area (TPSA) is 23.5 Å². The largest absolute Gasteiger partial charge is 0.384 e. The zero-order valence-corrected chi connectivity index (χ0v) is 11.3. The van der Waals surface area contributed by atoms with Gasteiger partial charge < -0.3 is 5.11 Å². The standard InChI is InChI=1S/C16H20FNO/c1-2-9-18(15-6-7-15)12-13-5-8-16(17)14(11-13)4-3-10-19/h5,8,11,15,19H,2,6-7,9-10,12H2,1H3. The molecule has 1 N–H and O–H groups in total. The molecular formula is C16H20FNO. The van der Waals surface area contributed by atoms with Crippen molar-refractivity contribution in [2.24, 2.45) is 0 Å². The Morgan fingerprint density at radius 3 is 2.84 bits per heavy atom. The van der Waals surface area contributed by atoms with Gasteiger partial charge in [-0.1, -0.05) is 24.8 Å². The fourth-order valence-electron chi connectivity index (χ4n) is 2.25. The van der Waals surface area contributed by atoms with E-state index in [1.165, 1.54) is 18.9 Å². The number of aliphatic hydroxyl groups is 1. The third-order valence-electron chi connectivity index (χ3n) is 3.29. The maximum absolute atomic E-state index is 13.6. The van der Waals surface area contributed by atoms with E-state index in [-0.39, 0.29) is 12.4 Å². The van der Waals surface area contributed by atoms with Crippen LogP contribution in [0.1, 0.15) is 37.3 Å². The van der Waals surface area contributed by atoms with Gasteiger partial charge >= 0.3 is 0 Å².